The number of benzene rings is 1. The van der Waals surface area contributed by atoms with Crippen molar-refractivity contribution in [3.8, 4) is 6.07 Å². The molecule has 0 fully saturated rings. The number of aryl methyl sites for hydroxylation is 2. The quantitative estimate of drug-likeness (QED) is 0.893. The Balaban J connectivity index is 1.92. The molecule has 1 amide bonds. The molecule has 2 aromatic rings. The van der Waals surface area contributed by atoms with Crippen LogP contribution in [0.25, 0.3) is 0 Å². The highest BCUT2D eigenvalue weighted by atomic mass is 16.1. The number of carbonyl (C=O) groups is 1. The summed E-state index contributed by atoms with van der Waals surface area (Å²) in [6.45, 7) is 4.62. The van der Waals surface area contributed by atoms with E-state index in [9.17, 15) is 4.79 Å². The van der Waals surface area contributed by atoms with E-state index in [4.69, 9.17) is 5.26 Å². The van der Waals surface area contributed by atoms with Gasteiger partial charge in [-0.1, -0.05) is 6.07 Å². The summed E-state index contributed by atoms with van der Waals surface area (Å²) in [5.41, 5.74) is 4.50. The molecule has 0 spiro atoms. The van der Waals surface area contributed by atoms with Crippen molar-refractivity contribution in [1.29, 1.82) is 5.26 Å². The maximum absolute atomic E-state index is 12.0. The van der Waals surface area contributed by atoms with Crippen LogP contribution in [0.15, 0.2) is 30.3 Å². The van der Waals surface area contributed by atoms with E-state index in [-0.39, 0.29) is 5.91 Å². The summed E-state index contributed by atoms with van der Waals surface area (Å²) in [6.07, 6.45) is 0.792. The van der Waals surface area contributed by atoms with Crippen molar-refractivity contribution in [3.05, 3.63) is 58.4 Å². The summed E-state index contributed by atoms with van der Waals surface area (Å²) in [5, 5.41) is 11.7. The molecule has 102 valence electrons. The van der Waals surface area contributed by atoms with Gasteiger partial charge in [0.2, 0.25) is 0 Å². The summed E-state index contributed by atoms with van der Waals surface area (Å²) in [5.74, 6) is -0.146. The number of aromatic amines is 1. The number of carbonyl (C=O) groups excluding carboxylic acids is 1. The highest BCUT2D eigenvalue weighted by Crippen LogP contribution is 2.09. The molecule has 4 nitrogen and oxygen atoms in total. The summed E-state index contributed by atoms with van der Waals surface area (Å²) in [7, 11) is 0. The van der Waals surface area contributed by atoms with Crippen LogP contribution < -0.4 is 5.32 Å². The van der Waals surface area contributed by atoms with Gasteiger partial charge in [-0.3, -0.25) is 4.79 Å². The maximum atomic E-state index is 12.0. The van der Waals surface area contributed by atoms with E-state index in [0.29, 0.717) is 17.7 Å². The molecular weight excluding hydrogens is 250 g/mol. The summed E-state index contributed by atoms with van der Waals surface area (Å²) in [6, 6.07) is 10.8. The van der Waals surface area contributed by atoms with E-state index < -0.39 is 0 Å². The molecule has 0 aliphatic rings. The van der Waals surface area contributed by atoms with Crippen LogP contribution in [-0.4, -0.2) is 17.4 Å². The SMILES string of the molecule is Cc1cc(CCNC(=O)c2cccc(C#N)c2)c(C)[nH]1. The first-order chi connectivity index (χ1) is 9.60. The lowest BCUT2D eigenvalue weighted by atomic mass is 10.1. The van der Waals surface area contributed by atoms with Crippen LogP contribution >= 0.6 is 0 Å². The van der Waals surface area contributed by atoms with Gasteiger partial charge in [0, 0.05) is 23.5 Å². The lowest BCUT2D eigenvalue weighted by Crippen LogP contribution is -2.25. The highest BCUT2D eigenvalue weighted by Gasteiger charge is 2.07. The number of amides is 1. The molecule has 2 rings (SSSR count). The van der Waals surface area contributed by atoms with Crippen molar-refractivity contribution in [2.75, 3.05) is 6.54 Å². The van der Waals surface area contributed by atoms with E-state index in [1.165, 1.54) is 5.56 Å². The number of hydrogen-bond donors (Lipinski definition) is 2. The molecule has 1 aromatic carbocycles. The van der Waals surface area contributed by atoms with Crippen LogP contribution in [0.4, 0.5) is 0 Å². The van der Waals surface area contributed by atoms with E-state index in [1.807, 2.05) is 19.9 Å². The third-order valence-electron chi connectivity index (χ3n) is 3.19. The molecule has 1 heterocycles. The summed E-state index contributed by atoms with van der Waals surface area (Å²) < 4.78 is 0. The van der Waals surface area contributed by atoms with Crippen LogP contribution in [0.3, 0.4) is 0 Å². The van der Waals surface area contributed by atoms with Gasteiger partial charge in [-0.05, 0) is 50.1 Å². The first kappa shape index (κ1) is 13.9. The molecule has 0 aliphatic heterocycles. The zero-order chi connectivity index (χ0) is 14.5. The van der Waals surface area contributed by atoms with Gasteiger partial charge < -0.3 is 10.3 Å². The van der Waals surface area contributed by atoms with E-state index in [0.717, 1.165) is 17.8 Å². The average molecular weight is 267 g/mol. The van der Waals surface area contributed by atoms with Crippen LogP contribution in [0.1, 0.15) is 32.9 Å². The summed E-state index contributed by atoms with van der Waals surface area (Å²) in [4.78, 5) is 15.2. The number of nitrogens with one attached hydrogen (secondary N) is 2. The zero-order valence-electron chi connectivity index (χ0n) is 11.7. The lowest BCUT2D eigenvalue weighted by Gasteiger charge is -2.05. The average Bonchev–Trinajstić information content (AvgIpc) is 2.77. The summed E-state index contributed by atoms with van der Waals surface area (Å²) >= 11 is 0. The fraction of sp³-hybridized carbons (Fsp3) is 0.250. The third-order valence-corrected chi connectivity index (χ3v) is 3.19. The molecule has 0 saturated heterocycles. The minimum atomic E-state index is -0.146. The smallest absolute Gasteiger partial charge is 0.251 e. The normalized spacial score (nSPS) is 10.1. The van der Waals surface area contributed by atoms with Gasteiger partial charge in [0.15, 0.2) is 0 Å². The Bertz CT molecular complexity index is 665. The van der Waals surface area contributed by atoms with Gasteiger partial charge in [0.25, 0.3) is 5.91 Å². The predicted molar refractivity (Wildman–Crippen MR) is 77.5 cm³/mol. The van der Waals surface area contributed by atoms with Crippen molar-refractivity contribution >= 4 is 5.91 Å². The molecule has 0 bridgehead atoms. The van der Waals surface area contributed by atoms with Crippen molar-refractivity contribution in [2.24, 2.45) is 0 Å². The standard InChI is InChI=1S/C16H17N3O/c1-11-8-14(12(2)19-11)6-7-18-16(20)15-5-3-4-13(9-15)10-17/h3-5,8-9,19H,6-7H2,1-2H3,(H,18,20). The number of aromatic nitrogens is 1. The van der Waals surface area contributed by atoms with Crippen LogP contribution in [-0.2, 0) is 6.42 Å². The molecule has 2 N–H and O–H groups in total. The Morgan fingerprint density at radius 2 is 2.15 bits per heavy atom. The molecule has 4 heteroatoms. The largest absolute Gasteiger partial charge is 0.362 e. The van der Waals surface area contributed by atoms with Crippen LogP contribution in [0.5, 0.6) is 0 Å². The Morgan fingerprint density at radius 1 is 1.35 bits per heavy atom. The topological polar surface area (TPSA) is 68.7 Å². The van der Waals surface area contributed by atoms with E-state index >= 15 is 0 Å². The molecule has 20 heavy (non-hydrogen) atoms. The Labute approximate surface area is 118 Å². The molecule has 1 aromatic heterocycles. The lowest BCUT2D eigenvalue weighted by molar-refractivity contribution is 0.0954. The zero-order valence-corrected chi connectivity index (χ0v) is 11.7. The van der Waals surface area contributed by atoms with Gasteiger partial charge in [0.1, 0.15) is 0 Å². The van der Waals surface area contributed by atoms with Gasteiger partial charge in [-0.15, -0.1) is 0 Å². The van der Waals surface area contributed by atoms with Crippen molar-refractivity contribution < 1.29 is 4.79 Å². The third kappa shape index (κ3) is 3.27. The molecular formula is C16H17N3O. The van der Waals surface area contributed by atoms with E-state index in [1.54, 1.807) is 24.3 Å². The number of nitriles is 1. The minimum absolute atomic E-state index is 0.146. The van der Waals surface area contributed by atoms with Gasteiger partial charge in [-0.25, -0.2) is 0 Å². The maximum Gasteiger partial charge on any atom is 0.251 e. The fourth-order valence-electron chi connectivity index (χ4n) is 2.18. The molecule has 0 aliphatic carbocycles. The molecule has 0 atom stereocenters. The second-order valence-corrected chi connectivity index (χ2v) is 4.80. The van der Waals surface area contributed by atoms with E-state index in [2.05, 4.69) is 16.4 Å². The number of hydrogen-bond acceptors (Lipinski definition) is 2. The van der Waals surface area contributed by atoms with Crippen LogP contribution in [0, 0.1) is 25.2 Å². The second-order valence-electron chi connectivity index (χ2n) is 4.80. The van der Waals surface area contributed by atoms with Crippen molar-refractivity contribution in [1.82, 2.24) is 10.3 Å². The number of nitrogens with zero attached hydrogens (tertiary/aromatic N) is 1. The predicted octanol–water partition coefficient (Wildman–Crippen LogP) is 2.48. The Hall–Kier alpha value is -2.54. The number of rotatable bonds is 4. The Morgan fingerprint density at radius 3 is 2.80 bits per heavy atom. The Kier molecular flexibility index (Phi) is 4.21. The first-order valence-electron chi connectivity index (χ1n) is 6.53. The highest BCUT2D eigenvalue weighted by molar-refractivity contribution is 5.94. The van der Waals surface area contributed by atoms with Crippen molar-refractivity contribution in [2.45, 2.75) is 20.3 Å². The van der Waals surface area contributed by atoms with Gasteiger partial charge in [-0.2, -0.15) is 5.26 Å². The number of H-pyrrole nitrogens is 1. The minimum Gasteiger partial charge on any atom is -0.362 e. The van der Waals surface area contributed by atoms with Gasteiger partial charge in [0.05, 0.1) is 11.6 Å². The molecule has 0 saturated carbocycles. The van der Waals surface area contributed by atoms with Crippen LogP contribution in [0.2, 0.25) is 0 Å². The second kappa shape index (κ2) is 6.07. The van der Waals surface area contributed by atoms with Crippen molar-refractivity contribution in [3.63, 3.8) is 0 Å². The van der Waals surface area contributed by atoms with Gasteiger partial charge >= 0.3 is 0 Å². The molecule has 0 radical (unpaired) electrons. The fourth-order valence-corrected chi connectivity index (χ4v) is 2.18. The first-order valence-corrected chi connectivity index (χ1v) is 6.53. The molecule has 0 unspecified atom stereocenters. The monoisotopic (exact) mass is 267 g/mol.